The molecule has 2 aromatic heterocycles. The molecule has 2 amide bonds. The van der Waals surface area contributed by atoms with Crippen LogP contribution in [0.25, 0.3) is 5.69 Å². The Hall–Kier alpha value is -3.95. The van der Waals surface area contributed by atoms with Crippen LogP contribution in [0.1, 0.15) is 55.4 Å². The molecule has 1 saturated heterocycles. The second kappa shape index (κ2) is 9.60. The summed E-state index contributed by atoms with van der Waals surface area (Å²) in [6, 6.07) is 9.94. The number of para-hydroxylation sites is 1. The Bertz CT molecular complexity index is 1260. The predicted octanol–water partition coefficient (Wildman–Crippen LogP) is 2.87. The molecular formula is C26H32N8O2. The third-order valence-corrected chi connectivity index (χ3v) is 6.89. The molecule has 1 unspecified atom stereocenters. The summed E-state index contributed by atoms with van der Waals surface area (Å²) in [4.78, 5) is 40.2. The van der Waals surface area contributed by atoms with Crippen LogP contribution in [-0.2, 0) is 11.3 Å². The van der Waals surface area contributed by atoms with Crippen LogP contribution in [0.4, 0.5) is 11.8 Å². The van der Waals surface area contributed by atoms with Crippen LogP contribution in [0.3, 0.4) is 0 Å². The number of anilines is 2. The number of fused-ring (bicyclic) bond motifs is 1. The standard InChI is InChI=1S/C26H32N8O2/c1-17(2)33-16-22-23(25(33)36)29-26(32-12-10-31(11-13-32)19(4)35)30-24(22)28-18(3)20-14-27-34(15-20)21-8-6-5-7-9-21/h5-9,14-15,17-18H,10-13,16H2,1-4H3,(H,28,29,30). The van der Waals surface area contributed by atoms with E-state index in [1.165, 1.54) is 0 Å². The molecule has 0 saturated carbocycles. The van der Waals surface area contributed by atoms with Crippen molar-refractivity contribution in [3.63, 3.8) is 0 Å². The van der Waals surface area contributed by atoms with Crippen molar-refractivity contribution in [2.75, 3.05) is 36.4 Å². The molecule has 1 atom stereocenters. The van der Waals surface area contributed by atoms with Gasteiger partial charge in [-0.3, -0.25) is 9.59 Å². The summed E-state index contributed by atoms with van der Waals surface area (Å²) in [5.74, 6) is 1.18. The van der Waals surface area contributed by atoms with E-state index in [4.69, 9.17) is 9.97 Å². The first-order valence-electron chi connectivity index (χ1n) is 12.4. The zero-order valence-corrected chi connectivity index (χ0v) is 21.2. The molecule has 36 heavy (non-hydrogen) atoms. The summed E-state index contributed by atoms with van der Waals surface area (Å²) in [5.41, 5.74) is 3.27. The fraction of sp³-hybridized carbons (Fsp3) is 0.423. The summed E-state index contributed by atoms with van der Waals surface area (Å²) in [7, 11) is 0. The van der Waals surface area contributed by atoms with E-state index in [1.807, 2.05) is 76.0 Å². The number of amides is 2. The van der Waals surface area contributed by atoms with Gasteiger partial charge in [-0.25, -0.2) is 9.67 Å². The van der Waals surface area contributed by atoms with E-state index in [-0.39, 0.29) is 23.9 Å². The van der Waals surface area contributed by atoms with Gasteiger partial charge in [0.1, 0.15) is 11.5 Å². The molecule has 2 aliphatic heterocycles. The minimum Gasteiger partial charge on any atom is -0.363 e. The highest BCUT2D eigenvalue weighted by Gasteiger charge is 2.35. The number of piperazine rings is 1. The lowest BCUT2D eigenvalue weighted by molar-refractivity contribution is -0.129. The van der Waals surface area contributed by atoms with E-state index < -0.39 is 0 Å². The average Bonchev–Trinajstić information content (AvgIpc) is 3.50. The van der Waals surface area contributed by atoms with Crippen LogP contribution in [0.5, 0.6) is 0 Å². The van der Waals surface area contributed by atoms with Crippen molar-refractivity contribution in [3.05, 3.63) is 59.5 Å². The molecule has 0 bridgehead atoms. The highest BCUT2D eigenvalue weighted by molar-refractivity contribution is 5.98. The van der Waals surface area contributed by atoms with Crippen LogP contribution >= 0.6 is 0 Å². The molecule has 0 aliphatic carbocycles. The number of nitrogens with zero attached hydrogens (tertiary/aromatic N) is 7. The molecule has 0 spiro atoms. The predicted molar refractivity (Wildman–Crippen MR) is 137 cm³/mol. The van der Waals surface area contributed by atoms with Gasteiger partial charge in [0.15, 0.2) is 0 Å². The van der Waals surface area contributed by atoms with Gasteiger partial charge >= 0.3 is 0 Å². The molecule has 188 valence electrons. The molecule has 3 aromatic rings. The van der Waals surface area contributed by atoms with Crippen molar-refractivity contribution in [1.29, 1.82) is 0 Å². The second-order valence-corrected chi connectivity index (χ2v) is 9.64. The normalized spacial score (nSPS) is 16.5. The van der Waals surface area contributed by atoms with Gasteiger partial charge in [0.2, 0.25) is 11.9 Å². The van der Waals surface area contributed by atoms with E-state index >= 15 is 0 Å². The molecule has 10 nitrogen and oxygen atoms in total. The van der Waals surface area contributed by atoms with Crippen LogP contribution in [0.2, 0.25) is 0 Å². The second-order valence-electron chi connectivity index (χ2n) is 9.64. The number of hydrogen-bond acceptors (Lipinski definition) is 7. The molecule has 1 N–H and O–H groups in total. The van der Waals surface area contributed by atoms with E-state index in [2.05, 4.69) is 17.3 Å². The fourth-order valence-electron chi connectivity index (χ4n) is 4.65. The van der Waals surface area contributed by atoms with E-state index in [0.29, 0.717) is 50.2 Å². The van der Waals surface area contributed by atoms with Crippen molar-refractivity contribution in [2.45, 2.75) is 46.3 Å². The lowest BCUT2D eigenvalue weighted by Crippen LogP contribution is -2.48. The Balaban J connectivity index is 1.43. The Kier molecular flexibility index (Phi) is 6.34. The Morgan fingerprint density at radius 1 is 1.03 bits per heavy atom. The van der Waals surface area contributed by atoms with Crippen LogP contribution < -0.4 is 10.2 Å². The first-order chi connectivity index (χ1) is 17.3. The SMILES string of the molecule is CC(=O)N1CCN(c2nc(NC(C)c3cnn(-c4ccccc4)c3)c3c(n2)C(=O)N(C(C)C)C3)CC1. The summed E-state index contributed by atoms with van der Waals surface area (Å²) >= 11 is 0. The van der Waals surface area contributed by atoms with Gasteiger partial charge in [-0.15, -0.1) is 0 Å². The number of benzene rings is 1. The molecule has 1 fully saturated rings. The van der Waals surface area contributed by atoms with Crippen molar-refractivity contribution in [2.24, 2.45) is 0 Å². The molecule has 1 aromatic carbocycles. The number of rotatable bonds is 6. The first-order valence-corrected chi connectivity index (χ1v) is 12.4. The minimum atomic E-state index is -0.0907. The van der Waals surface area contributed by atoms with Gasteiger partial charge in [-0.1, -0.05) is 18.2 Å². The maximum atomic E-state index is 13.2. The summed E-state index contributed by atoms with van der Waals surface area (Å²) in [6.45, 7) is 10.6. The third-order valence-electron chi connectivity index (χ3n) is 6.89. The van der Waals surface area contributed by atoms with Gasteiger partial charge in [-0.2, -0.15) is 10.1 Å². The average molecular weight is 489 g/mol. The number of carbonyl (C=O) groups excluding carboxylic acids is 2. The van der Waals surface area contributed by atoms with Crippen molar-refractivity contribution < 1.29 is 9.59 Å². The molecule has 5 rings (SSSR count). The zero-order chi connectivity index (χ0) is 25.4. The van der Waals surface area contributed by atoms with E-state index in [1.54, 1.807) is 6.92 Å². The molecule has 4 heterocycles. The number of aromatic nitrogens is 4. The summed E-state index contributed by atoms with van der Waals surface area (Å²) in [6.07, 6.45) is 3.85. The highest BCUT2D eigenvalue weighted by atomic mass is 16.2. The van der Waals surface area contributed by atoms with Gasteiger partial charge in [0, 0.05) is 56.5 Å². The maximum absolute atomic E-state index is 13.2. The Labute approximate surface area is 210 Å². The Morgan fingerprint density at radius 2 is 1.75 bits per heavy atom. The lowest BCUT2D eigenvalue weighted by Gasteiger charge is -2.34. The number of hydrogen-bond donors (Lipinski definition) is 1. The van der Waals surface area contributed by atoms with Gasteiger partial charge in [-0.05, 0) is 32.9 Å². The third kappa shape index (κ3) is 4.50. The maximum Gasteiger partial charge on any atom is 0.273 e. The number of nitrogens with one attached hydrogen (secondary N) is 1. The van der Waals surface area contributed by atoms with Gasteiger partial charge in [0.25, 0.3) is 5.91 Å². The number of carbonyl (C=O) groups is 2. The lowest BCUT2D eigenvalue weighted by atomic mass is 10.1. The smallest absolute Gasteiger partial charge is 0.273 e. The van der Waals surface area contributed by atoms with E-state index in [9.17, 15) is 9.59 Å². The fourth-order valence-corrected chi connectivity index (χ4v) is 4.65. The minimum absolute atomic E-state index is 0.0589. The first kappa shape index (κ1) is 23.8. The largest absolute Gasteiger partial charge is 0.363 e. The van der Waals surface area contributed by atoms with E-state index in [0.717, 1.165) is 16.8 Å². The van der Waals surface area contributed by atoms with Crippen molar-refractivity contribution in [1.82, 2.24) is 29.5 Å². The molecule has 2 aliphatic rings. The quantitative estimate of drug-likeness (QED) is 0.570. The summed E-state index contributed by atoms with van der Waals surface area (Å²) in [5, 5.41) is 8.06. The van der Waals surface area contributed by atoms with Gasteiger partial charge < -0.3 is 20.0 Å². The van der Waals surface area contributed by atoms with Crippen LogP contribution in [0, 0.1) is 0 Å². The molecule has 10 heteroatoms. The van der Waals surface area contributed by atoms with Crippen molar-refractivity contribution in [3.8, 4) is 5.69 Å². The summed E-state index contributed by atoms with van der Waals surface area (Å²) < 4.78 is 1.85. The van der Waals surface area contributed by atoms with Crippen LogP contribution in [-0.4, -0.2) is 73.6 Å². The van der Waals surface area contributed by atoms with Gasteiger partial charge in [0.05, 0.1) is 24.5 Å². The highest BCUT2D eigenvalue weighted by Crippen LogP contribution is 2.32. The Morgan fingerprint density at radius 3 is 2.42 bits per heavy atom. The topological polar surface area (TPSA) is 99.5 Å². The molecule has 0 radical (unpaired) electrons. The van der Waals surface area contributed by atoms with Crippen LogP contribution in [0.15, 0.2) is 42.7 Å². The molecular weight excluding hydrogens is 456 g/mol. The zero-order valence-electron chi connectivity index (χ0n) is 21.2. The van der Waals surface area contributed by atoms with Crippen molar-refractivity contribution >= 4 is 23.6 Å². The monoisotopic (exact) mass is 488 g/mol.